The van der Waals surface area contributed by atoms with E-state index in [4.69, 9.17) is 14.2 Å². The van der Waals surface area contributed by atoms with Crippen molar-refractivity contribution in [3.8, 4) is 0 Å². The number of morpholine rings is 1. The van der Waals surface area contributed by atoms with E-state index in [1.165, 1.54) is 24.3 Å². The first kappa shape index (κ1) is 35.1. The highest BCUT2D eigenvalue weighted by Gasteiger charge is 2.48. The van der Waals surface area contributed by atoms with Crippen molar-refractivity contribution in [1.29, 1.82) is 0 Å². The normalized spacial score (nSPS) is 21.8. The number of aryl methyl sites for hydroxylation is 1. The number of benzene rings is 3. The highest BCUT2D eigenvalue weighted by Crippen LogP contribution is 2.46. The van der Waals surface area contributed by atoms with Gasteiger partial charge in [-0.3, -0.25) is 9.59 Å². The number of halogens is 2. The molecule has 9 nitrogen and oxygen atoms in total. The second-order valence-electron chi connectivity index (χ2n) is 13.8. The number of anilines is 1. The largest absolute Gasteiger partial charge is 0.388 e. The Morgan fingerprint density at radius 3 is 2.29 bits per heavy atom. The standard InChI is InChI=1S/C38H45F2N3O6/c1-43(20-22-47-23-21-43)19-18-41-35(45)24-49-38(25-48-26-38)17-16-27-2-4-29(5-3-27)36-33(14-15-34(44)28-6-8-30(39)9-7-28)37(46)42(36)32-12-10-31(40)11-13-32/h2-13,33-34,36,44H,14-26H2,1H3/p+1/t33-,34?,36-/m1/s1. The van der Waals surface area contributed by atoms with Gasteiger partial charge in [0.2, 0.25) is 11.8 Å². The quantitative estimate of drug-likeness (QED) is 0.182. The molecule has 3 atom stereocenters. The molecule has 1 unspecified atom stereocenters. The van der Waals surface area contributed by atoms with E-state index in [-0.39, 0.29) is 42.0 Å². The number of quaternary nitrogens is 1. The molecule has 262 valence electrons. The van der Waals surface area contributed by atoms with E-state index in [1.54, 1.807) is 29.2 Å². The molecule has 0 bridgehead atoms. The van der Waals surface area contributed by atoms with E-state index in [0.29, 0.717) is 50.3 Å². The summed E-state index contributed by atoms with van der Waals surface area (Å²) in [6, 6.07) is 19.4. The zero-order chi connectivity index (χ0) is 34.4. The summed E-state index contributed by atoms with van der Waals surface area (Å²) in [6.07, 6.45) is 1.36. The van der Waals surface area contributed by atoms with Gasteiger partial charge in [-0.1, -0.05) is 36.4 Å². The maximum atomic E-state index is 13.7. The van der Waals surface area contributed by atoms with Crippen molar-refractivity contribution in [2.24, 2.45) is 5.92 Å². The molecule has 3 aliphatic heterocycles. The fraction of sp³-hybridized carbons (Fsp3) is 0.474. The molecule has 3 saturated heterocycles. The SMILES string of the molecule is C[N+]1(CCNC(=O)COC2(CCc3ccc([C@@H]4[C@@H](CCC(O)c5ccc(F)cc5)C(=O)N4c4ccc(F)cc4)cc3)COC2)CCOCC1. The van der Waals surface area contributed by atoms with Gasteiger partial charge in [0.25, 0.3) is 0 Å². The molecule has 2 amide bonds. The first-order chi connectivity index (χ1) is 23.6. The minimum absolute atomic E-state index is 0.0126. The van der Waals surface area contributed by atoms with Crippen molar-refractivity contribution in [1.82, 2.24) is 5.32 Å². The first-order valence-corrected chi connectivity index (χ1v) is 17.1. The second-order valence-corrected chi connectivity index (χ2v) is 13.8. The van der Waals surface area contributed by atoms with E-state index >= 15 is 0 Å². The van der Waals surface area contributed by atoms with Crippen LogP contribution in [-0.4, -0.2) is 93.3 Å². The van der Waals surface area contributed by atoms with E-state index in [2.05, 4.69) is 12.4 Å². The zero-order valence-corrected chi connectivity index (χ0v) is 28.0. The summed E-state index contributed by atoms with van der Waals surface area (Å²) in [5.74, 6) is -1.34. The van der Waals surface area contributed by atoms with Crippen LogP contribution in [-0.2, 0) is 30.2 Å². The lowest BCUT2D eigenvalue weighted by Gasteiger charge is -2.48. The smallest absolute Gasteiger partial charge is 0.246 e. The summed E-state index contributed by atoms with van der Waals surface area (Å²) in [5.41, 5.74) is 2.74. The third kappa shape index (κ3) is 8.53. The molecule has 3 aliphatic rings. The van der Waals surface area contributed by atoms with Crippen molar-refractivity contribution in [2.75, 3.05) is 71.2 Å². The number of amides is 2. The van der Waals surface area contributed by atoms with Gasteiger partial charge in [-0.25, -0.2) is 8.78 Å². The van der Waals surface area contributed by atoms with Crippen molar-refractivity contribution in [3.63, 3.8) is 0 Å². The lowest BCUT2D eigenvalue weighted by molar-refractivity contribution is -0.915. The zero-order valence-electron chi connectivity index (χ0n) is 28.0. The van der Waals surface area contributed by atoms with Crippen LogP contribution in [0.3, 0.4) is 0 Å². The Morgan fingerprint density at radius 2 is 1.65 bits per heavy atom. The highest BCUT2D eigenvalue weighted by atomic mass is 19.1. The Labute approximate surface area is 286 Å². The van der Waals surface area contributed by atoms with Gasteiger partial charge < -0.3 is 34.0 Å². The molecule has 0 spiro atoms. The molecule has 0 aromatic heterocycles. The predicted octanol–water partition coefficient (Wildman–Crippen LogP) is 4.49. The molecule has 3 heterocycles. The topological polar surface area (TPSA) is 97.3 Å². The fourth-order valence-corrected chi connectivity index (χ4v) is 6.92. The summed E-state index contributed by atoms with van der Waals surface area (Å²) >= 11 is 0. The molecule has 6 rings (SSSR count). The second kappa shape index (κ2) is 15.4. The number of carbonyl (C=O) groups is 2. The summed E-state index contributed by atoms with van der Waals surface area (Å²) in [4.78, 5) is 27.7. The summed E-state index contributed by atoms with van der Waals surface area (Å²) in [5, 5.41) is 13.7. The molecule has 49 heavy (non-hydrogen) atoms. The third-order valence-corrected chi connectivity index (χ3v) is 10.3. The molecule has 2 N–H and O–H groups in total. The van der Waals surface area contributed by atoms with E-state index in [9.17, 15) is 23.5 Å². The summed E-state index contributed by atoms with van der Waals surface area (Å²) in [7, 11) is 2.19. The summed E-state index contributed by atoms with van der Waals surface area (Å²) < 4.78 is 45.0. The maximum Gasteiger partial charge on any atom is 0.246 e. The molecule has 0 saturated carbocycles. The van der Waals surface area contributed by atoms with Gasteiger partial charge in [0.1, 0.15) is 36.9 Å². The molecule has 0 aliphatic carbocycles. The lowest BCUT2D eigenvalue weighted by Crippen LogP contribution is -2.55. The molecular weight excluding hydrogens is 632 g/mol. The molecule has 3 fully saturated rings. The van der Waals surface area contributed by atoms with Crippen LogP contribution in [0, 0.1) is 17.6 Å². The molecule has 0 radical (unpaired) electrons. The number of β-lactam (4-membered cyclic amide) rings is 1. The van der Waals surface area contributed by atoms with Gasteiger partial charge in [0, 0.05) is 5.69 Å². The Morgan fingerprint density at radius 1 is 1.00 bits per heavy atom. The monoisotopic (exact) mass is 678 g/mol. The molecular formula is C38H46F2N3O6+. The number of hydrogen-bond acceptors (Lipinski definition) is 6. The predicted molar refractivity (Wildman–Crippen MR) is 180 cm³/mol. The Kier molecular flexibility index (Phi) is 11.1. The van der Waals surface area contributed by atoms with E-state index < -0.39 is 11.7 Å². The maximum absolute atomic E-state index is 13.7. The number of ether oxygens (including phenoxy) is 3. The molecule has 11 heteroatoms. The number of rotatable bonds is 15. The molecule has 3 aromatic carbocycles. The van der Waals surface area contributed by atoms with Crippen LogP contribution < -0.4 is 10.2 Å². The van der Waals surface area contributed by atoms with Crippen LogP contribution in [0.5, 0.6) is 0 Å². The lowest BCUT2D eigenvalue weighted by atomic mass is 9.78. The van der Waals surface area contributed by atoms with Crippen LogP contribution >= 0.6 is 0 Å². The van der Waals surface area contributed by atoms with Gasteiger partial charge in [0.05, 0.1) is 64.6 Å². The summed E-state index contributed by atoms with van der Waals surface area (Å²) in [6.45, 7) is 5.71. The van der Waals surface area contributed by atoms with E-state index in [0.717, 1.165) is 54.9 Å². The number of carbonyl (C=O) groups excluding carboxylic acids is 2. The van der Waals surface area contributed by atoms with E-state index in [1.807, 2.05) is 24.3 Å². The minimum Gasteiger partial charge on any atom is -0.388 e. The van der Waals surface area contributed by atoms with Gasteiger partial charge in [-0.15, -0.1) is 0 Å². The number of aliphatic hydroxyl groups excluding tert-OH is 1. The average Bonchev–Trinajstić information content (AvgIpc) is 3.08. The number of nitrogens with one attached hydrogen (secondary N) is 1. The van der Waals surface area contributed by atoms with Gasteiger partial charge in [-0.05, 0) is 78.8 Å². The van der Waals surface area contributed by atoms with Crippen LogP contribution in [0.15, 0.2) is 72.8 Å². The Hall–Kier alpha value is -3.74. The minimum atomic E-state index is -0.827. The first-order valence-electron chi connectivity index (χ1n) is 17.1. The third-order valence-electron chi connectivity index (χ3n) is 10.3. The Balaban J connectivity index is 1.04. The van der Waals surface area contributed by atoms with Crippen molar-refractivity contribution >= 4 is 17.5 Å². The van der Waals surface area contributed by atoms with Gasteiger partial charge >= 0.3 is 0 Å². The van der Waals surface area contributed by atoms with Crippen molar-refractivity contribution in [2.45, 2.75) is 43.4 Å². The van der Waals surface area contributed by atoms with Crippen LogP contribution in [0.1, 0.15) is 48.1 Å². The number of aliphatic hydroxyl groups is 1. The van der Waals surface area contributed by atoms with Crippen molar-refractivity contribution in [3.05, 3.63) is 101 Å². The molecule has 3 aromatic rings. The fourth-order valence-electron chi connectivity index (χ4n) is 6.92. The van der Waals surface area contributed by atoms with Crippen LogP contribution in [0.4, 0.5) is 14.5 Å². The van der Waals surface area contributed by atoms with Crippen LogP contribution in [0.2, 0.25) is 0 Å². The van der Waals surface area contributed by atoms with Crippen LogP contribution in [0.25, 0.3) is 0 Å². The van der Waals surface area contributed by atoms with Crippen molar-refractivity contribution < 1.29 is 42.2 Å². The number of likely N-dealkylation sites (N-methyl/N-ethyl adjacent to an activating group) is 1. The number of nitrogens with zero attached hydrogens (tertiary/aromatic N) is 2. The average molecular weight is 679 g/mol. The highest BCUT2D eigenvalue weighted by molar-refractivity contribution is 6.03. The van der Waals surface area contributed by atoms with Gasteiger partial charge in [-0.2, -0.15) is 0 Å². The number of hydrogen-bond donors (Lipinski definition) is 2. The Bertz CT molecular complexity index is 1560. The van der Waals surface area contributed by atoms with Gasteiger partial charge in [0.15, 0.2) is 0 Å².